The Bertz CT molecular complexity index is 614. The van der Waals surface area contributed by atoms with Crippen LogP contribution >= 0.6 is 11.8 Å². The SMILES string of the molecule is CCC(CC)(CNC(=O)c1ccc(SC)c([N+](=O)[O-])c1)C(=O)O. The average molecular weight is 340 g/mol. The van der Waals surface area contributed by atoms with E-state index in [2.05, 4.69) is 5.32 Å². The number of carbonyl (C=O) groups is 2. The molecule has 0 fully saturated rings. The summed E-state index contributed by atoms with van der Waals surface area (Å²) in [5.41, 5.74) is -1.03. The van der Waals surface area contributed by atoms with Crippen molar-refractivity contribution in [2.75, 3.05) is 12.8 Å². The third-order valence-corrected chi connectivity index (χ3v) is 4.82. The second-order valence-corrected chi connectivity index (χ2v) is 5.97. The molecule has 1 aromatic rings. The standard InChI is InChI=1S/C15H20N2O5S/c1-4-15(5-2,14(19)20)9-16-13(18)10-6-7-12(23-3)11(8-10)17(21)22/h6-8H,4-5,9H2,1-3H3,(H,16,18)(H,19,20). The maximum atomic E-state index is 12.2. The predicted molar refractivity (Wildman–Crippen MR) is 87.9 cm³/mol. The van der Waals surface area contributed by atoms with Crippen molar-refractivity contribution in [1.82, 2.24) is 5.32 Å². The smallest absolute Gasteiger partial charge is 0.311 e. The van der Waals surface area contributed by atoms with Crippen LogP contribution in [0, 0.1) is 15.5 Å². The van der Waals surface area contributed by atoms with Gasteiger partial charge in [-0.25, -0.2) is 0 Å². The normalized spacial score (nSPS) is 11.1. The molecule has 0 aliphatic heterocycles. The van der Waals surface area contributed by atoms with Gasteiger partial charge in [0.25, 0.3) is 11.6 Å². The van der Waals surface area contributed by atoms with Crippen LogP contribution in [0.25, 0.3) is 0 Å². The quantitative estimate of drug-likeness (QED) is 0.428. The van der Waals surface area contributed by atoms with Crippen LogP contribution in [-0.4, -0.2) is 34.7 Å². The third-order valence-electron chi connectivity index (χ3n) is 4.03. The first-order valence-corrected chi connectivity index (χ1v) is 8.37. The summed E-state index contributed by atoms with van der Waals surface area (Å²) in [7, 11) is 0. The molecule has 0 radical (unpaired) electrons. The summed E-state index contributed by atoms with van der Waals surface area (Å²) in [5, 5.41) is 23.0. The van der Waals surface area contributed by atoms with Gasteiger partial charge in [-0.3, -0.25) is 19.7 Å². The molecule has 0 spiro atoms. The molecule has 8 heteroatoms. The van der Waals surface area contributed by atoms with Gasteiger partial charge in [0.1, 0.15) is 0 Å². The number of hydrogen-bond acceptors (Lipinski definition) is 5. The highest BCUT2D eigenvalue weighted by molar-refractivity contribution is 7.98. The first-order valence-electron chi connectivity index (χ1n) is 7.15. The van der Waals surface area contributed by atoms with Gasteiger partial charge in [-0.2, -0.15) is 0 Å². The summed E-state index contributed by atoms with van der Waals surface area (Å²) in [5.74, 6) is -1.49. The molecule has 126 valence electrons. The molecule has 0 saturated carbocycles. The minimum absolute atomic E-state index is 0.0216. The van der Waals surface area contributed by atoms with Crippen molar-refractivity contribution >= 4 is 29.3 Å². The topological polar surface area (TPSA) is 110 Å². The zero-order valence-corrected chi connectivity index (χ0v) is 14.1. The van der Waals surface area contributed by atoms with E-state index in [0.29, 0.717) is 17.7 Å². The van der Waals surface area contributed by atoms with Gasteiger partial charge in [0.2, 0.25) is 0 Å². The summed E-state index contributed by atoms with van der Waals surface area (Å²) < 4.78 is 0. The van der Waals surface area contributed by atoms with Gasteiger partial charge < -0.3 is 10.4 Å². The molecule has 0 aromatic heterocycles. The molecule has 0 unspecified atom stereocenters. The van der Waals surface area contributed by atoms with Gasteiger partial charge in [0.05, 0.1) is 15.2 Å². The lowest BCUT2D eigenvalue weighted by molar-refractivity contribution is -0.387. The van der Waals surface area contributed by atoms with E-state index in [9.17, 15) is 24.8 Å². The van der Waals surface area contributed by atoms with Crippen LogP contribution in [0.1, 0.15) is 37.0 Å². The van der Waals surface area contributed by atoms with Gasteiger partial charge in [-0.15, -0.1) is 11.8 Å². The fourth-order valence-electron chi connectivity index (χ4n) is 2.20. The Hall–Kier alpha value is -2.09. The van der Waals surface area contributed by atoms with Crippen molar-refractivity contribution in [3.8, 4) is 0 Å². The number of hydrogen-bond donors (Lipinski definition) is 2. The van der Waals surface area contributed by atoms with Gasteiger partial charge >= 0.3 is 5.97 Å². The molecule has 7 nitrogen and oxygen atoms in total. The lowest BCUT2D eigenvalue weighted by Crippen LogP contribution is -2.42. The number of nitro benzene ring substituents is 1. The monoisotopic (exact) mass is 340 g/mol. The second-order valence-electron chi connectivity index (χ2n) is 5.12. The van der Waals surface area contributed by atoms with Gasteiger partial charge in [-0.1, -0.05) is 13.8 Å². The van der Waals surface area contributed by atoms with Gasteiger partial charge in [0.15, 0.2) is 0 Å². The van der Waals surface area contributed by atoms with Crippen LogP contribution in [0.3, 0.4) is 0 Å². The Balaban J connectivity index is 2.96. The zero-order chi connectivity index (χ0) is 17.6. The molecule has 0 atom stereocenters. The Morgan fingerprint density at radius 3 is 2.39 bits per heavy atom. The minimum Gasteiger partial charge on any atom is -0.481 e. The summed E-state index contributed by atoms with van der Waals surface area (Å²) >= 11 is 1.22. The van der Waals surface area contributed by atoms with E-state index in [-0.39, 0.29) is 17.8 Å². The van der Waals surface area contributed by atoms with Crippen LogP contribution in [0.5, 0.6) is 0 Å². The number of aliphatic carboxylic acids is 1. The van der Waals surface area contributed by atoms with Crippen molar-refractivity contribution in [2.45, 2.75) is 31.6 Å². The maximum Gasteiger partial charge on any atom is 0.311 e. The number of benzene rings is 1. The molecule has 1 amide bonds. The maximum absolute atomic E-state index is 12.2. The fourth-order valence-corrected chi connectivity index (χ4v) is 2.75. The predicted octanol–water partition coefficient (Wildman–Crippen LogP) is 2.94. The summed E-state index contributed by atoms with van der Waals surface area (Å²) in [6, 6.07) is 4.22. The van der Waals surface area contributed by atoms with E-state index < -0.39 is 22.2 Å². The van der Waals surface area contributed by atoms with Crippen molar-refractivity contribution in [3.63, 3.8) is 0 Å². The van der Waals surface area contributed by atoms with E-state index >= 15 is 0 Å². The van der Waals surface area contributed by atoms with E-state index in [0.717, 1.165) is 0 Å². The molecule has 1 aromatic carbocycles. The minimum atomic E-state index is -1.03. The van der Waals surface area contributed by atoms with Crippen molar-refractivity contribution in [2.24, 2.45) is 5.41 Å². The highest BCUT2D eigenvalue weighted by atomic mass is 32.2. The number of carboxylic acids is 1. The van der Waals surface area contributed by atoms with E-state index in [4.69, 9.17) is 0 Å². The first-order chi connectivity index (χ1) is 10.8. The van der Waals surface area contributed by atoms with E-state index in [1.165, 1.54) is 30.0 Å². The molecule has 2 N–H and O–H groups in total. The fraction of sp³-hybridized carbons (Fsp3) is 0.467. The van der Waals surface area contributed by atoms with Crippen LogP contribution in [0.15, 0.2) is 23.1 Å². The number of nitrogens with zero attached hydrogens (tertiary/aromatic N) is 1. The zero-order valence-electron chi connectivity index (χ0n) is 13.3. The summed E-state index contributed by atoms with van der Waals surface area (Å²) in [4.78, 5) is 34.6. The Labute approximate surface area is 138 Å². The molecule has 0 heterocycles. The second kappa shape index (κ2) is 7.96. The Kier molecular flexibility index (Phi) is 6.56. The molecule has 23 heavy (non-hydrogen) atoms. The number of thioether (sulfide) groups is 1. The molecule has 0 aliphatic rings. The van der Waals surface area contributed by atoms with Crippen molar-refractivity contribution < 1.29 is 19.6 Å². The number of nitro groups is 1. The summed E-state index contributed by atoms with van der Waals surface area (Å²) in [6.07, 6.45) is 2.47. The number of rotatable bonds is 8. The number of nitrogens with one attached hydrogen (secondary N) is 1. The van der Waals surface area contributed by atoms with E-state index in [1.807, 2.05) is 0 Å². The lowest BCUT2D eigenvalue weighted by Gasteiger charge is -2.26. The molecular weight excluding hydrogens is 320 g/mol. The lowest BCUT2D eigenvalue weighted by atomic mass is 9.82. The molecule has 0 aliphatic carbocycles. The van der Waals surface area contributed by atoms with Crippen LogP contribution in [0.4, 0.5) is 5.69 Å². The molecule has 1 rings (SSSR count). The average Bonchev–Trinajstić information content (AvgIpc) is 2.54. The number of carboxylic acid groups (broad SMARTS) is 1. The van der Waals surface area contributed by atoms with E-state index in [1.54, 1.807) is 20.1 Å². The number of carbonyl (C=O) groups excluding carboxylic acids is 1. The van der Waals surface area contributed by atoms with Crippen molar-refractivity contribution in [1.29, 1.82) is 0 Å². The van der Waals surface area contributed by atoms with Gasteiger partial charge in [-0.05, 0) is 31.2 Å². The van der Waals surface area contributed by atoms with Crippen LogP contribution in [0.2, 0.25) is 0 Å². The largest absolute Gasteiger partial charge is 0.481 e. The Morgan fingerprint density at radius 1 is 1.35 bits per heavy atom. The highest BCUT2D eigenvalue weighted by Gasteiger charge is 2.35. The van der Waals surface area contributed by atoms with Crippen LogP contribution in [-0.2, 0) is 4.79 Å². The molecule has 0 saturated heterocycles. The summed E-state index contributed by atoms with van der Waals surface area (Å²) in [6.45, 7) is 3.48. The molecular formula is C15H20N2O5S. The van der Waals surface area contributed by atoms with Crippen LogP contribution < -0.4 is 5.32 Å². The third kappa shape index (κ3) is 4.22. The number of amides is 1. The molecule has 0 bridgehead atoms. The van der Waals surface area contributed by atoms with Crippen molar-refractivity contribution in [3.05, 3.63) is 33.9 Å². The Morgan fingerprint density at radius 2 is 1.96 bits per heavy atom. The first kappa shape index (κ1) is 19.0. The van der Waals surface area contributed by atoms with Gasteiger partial charge in [0, 0.05) is 18.2 Å². The highest BCUT2D eigenvalue weighted by Crippen LogP contribution is 2.29.